The molecule has 0 fully saturated rings. The first kappa shape index (κ1) is 13.4. The zero-order valence-corrected chi connectivity index (χ0v) is 12.4. The summed E-state index contributed by atoms with van der Waals surface area (Å²) in [4.78, 5) is 1.34. The number of aryl methyl sites for hydroxylation is 1. The molecule has 1 aromatic carbocycles. The Labute approximate surface area is 128 Å². The summed E-state index contributed by atoms with van der Waals surface area (Å²) in [7, 11) is 1.67. The molecule has 0 N–H and O–H groups in total. The molecule has 3 rings (SSSR count). The van der Waals surface area contributed by atoms with Gasteiger partial charge < -0.3 is 0 Å². The van der Waals surface area contributed by atoms with Crippen molar-refractivity contribution in [1.82, 2.24) is 30.0 Å². The highest BCUT2D eigenvalue weighted by molar-refractivity contribution is 6.43. The largest absolute Gasteiger partial charge is 0.220 e. The topological polar surface area (TPSA) is 61.4 Å². The van der Waals surface area contributed by atoms with Crippen LogP contribution in [0.5, 0.6) is 0 Å². The van der Waals surface area contributed by atoms with Crippen LogP contribution in [0.25, 0.3) is 17.1 Å². The lowest BCUT2D eigenvalue weighted by Crippen LogP contribution is -1.97. The van der Waals surface area contributed by atoms with Gasteiger partial charge in [-0.3, -0.25) is 0 Å². The molecule has 0 saturated heterocycles. The maximum atomic E-state index is 6.31. The van der Waals surface area contributed by atoms with Gasteiger partial charge in [-0.15, -0.1) is 10.2 Å². The fourth-order valence-corrected chi connectivity index (χ4v) is 2.34. The van der Waals surface area contributed by atoms with E-state index < -0.39 is 0 Å². The lowest BCUT2D eigenvalue weighted by Gasteiger charge is -2.06. The van der Waals surface area contributed by atoms with Crippen molar-refractivity contribution in [2.45, 2.75) is 0 Å². The summed E-state index contributed by atoms with van der Waals surface area (Å²) in [5.74, 6) is 0.391. The van der Waals surface area contributed by atoms with Crippen LogP contribution in [0.3, 0.4) is 0 Å². The van der Waals surface area contributed by atoms with Crippen molar-refractivity contribution in [1.29, 1.82) is 0 Å². The van der Waals surface area contributed by atoms with Crippen LogP contribution >= 0.6 is 34.8 Å². The molecule has 102 valence electrons. The van der Waals surface area contributed by atoms with Crippen molar-refractivity contribution < 1.29 is 0 Å². The van der Waals surface area contributed by atoms with Gasteiger partial charge in [0.05, 0.1) is 34.5 Å². The highest BCUT2D eigenvalue weighted by Crippen LogP contribution is 2.32. The summed E-state index contributed by atoms with van der Waals surface area (Å²) in [6.45, 7) is 0. The second kappa shape index (κ2) is 5.05. The molecule has 3 aromatic rings. The van der Waals surface area contributed by atoms with E-state index in [9.17, 15) is 0 Å². The number of halogens is 3. The molecule has 0 spiro atoms. The molecule has 0 aliphatic heterocycles. The number of hydrogen-bond acceptors (Lipinski definition) is 4. The molecule has 0 bridgehead atoms. The van der Waals surface area contributed by atoms with Crippen LogP contribution in [0.4, 0.5) is 0 Å². The first-order valence-corrected chi connectivity index (χ1v) is 6.63. The van der Waals surface area contributed by atoms with Crippen LogP contribution in [0.1, 0.15) is 0 Å². The highest BCUT2D eigenvalue weighted by Gasteiger charge is 2.17. The molecule has 0 aliphatic carbocycles. The monoisotopic (exact) mass is 328 g/mol. The van der Waals surface area contributed by atoms with Gasteiger partial charge in [-0.1, -0.05) is 40.9 Å². The van der Waals surface area contributed by atoms with Gasteiger partial charge in [0, 0.05) is 0 Å². The minimum absolute atomic E-state index is 0.335. The molecule has 0 amide bonds. The van der Waals surface area contributed by atoms with E-state index in [1.54, 1.807) is 31.4 Å². The van der Waals surface area contributed by atoms with Crippen molar-refractivity contribution in [2.75, 3.05) is 0 Å². The summed E-state index contributed by atoms with van der Waals surface area (Å²) >= 11 is 18.5. The minimum Gasteiger partial charge on any atom is -0.220 e. The van der Waals surface area contributed by atoms with Gasteiger partial charge in [0.1, 0.15) is 5.15 Å². The first-order valence-electron chi connectivity index (χ1n) is 5.50. The van der Waals surface area contributed by atoms with E-state index in [2.05, 4.69) is 20.5 Å². The summed E-state index contributed by atoms with van der Waals surface area (Å²) in [5, 5.41) is 17.1. The van der Waals surface area contributed by atoms with E-state index >= 15 is 0 Å². The average Bonchev–Trinajstić information content (AvgIpc) is 2.99. The molecule has 20 heavy (non-hydrogen) atoms. The van der Waals surface area contributed by atoms with E-state index in [0.29, 0.717) is 32.3 Å². The molecule has 9 heteroatoms. The standard InChI is InChI=1S/C11H7Cl3N6/c1-19-17-11(16-18-19)6-5-15-20(10(6)14)8-4-2-3-7(12)9(8)13/h2-5H,1H3. The molecular formula is C11H7Cl3N6. The van der Waals surface area contributed by atoms with Crippen LogP contribution in [-0.4, -0.2) is 30.0 Å². The van der Waals surface area contributed by atoms with Crippen molar-refractivity contribution in [2.24, 2.45) is 7.05 Å². The van der Waals surface area contributed by atoms with Crippen LogP contribution in [0.2, 0.25) is 15.2 Å². The summed E-state index contributed by atoms with van der Waals surface area (Å²) in [6.07, 6.45) is 1.55. The van der Waals surface area contributed by atoms with Crippen molar-refractivity contribution >= 4 is 34.8 Å². The number of rotatable bonds is 2. The maximum absolute atomic E-state index is 6.31. The fourth-order valence-electron chi connectivity index (χ4n) is 1.70. The number of tetrazole rings is 1. The SMILES string of the molecule is Cn1nnc(-c2cnn(-c3cccc(Cl)c3Cl)c2Cl)n1. The van der Waals surface area contributed by atoms with Gasteiger partial charge in [-0.05, 0) is 17.3 Å². The predicted molar refractivity (Wildman–Crippen MR) is 76.4 cm³/mol. The number of aromatic nitrogens is 6. The molecule has 2 heterocycles. The Hall–Kier alpha value is -1.63. The van der Waals surface area contributed by atoms with Crippen LogP contribution < -0.4 is 0 Å². The third kappa shape index (κ3) is 2.15. The Bertz CT molecular complexity index is 778. The molecule has 6 nitrogen and oxygen atoms in total. The minimum atomic E-state index is 0.335. The zero-order chi connectivity index (χ0) is 14.3. The normalized spacial score (nSPS) is 11.0. The first-order chi connectivity index (χ1) is 9.58. The molecule has 0 unspecified atom stereocenters. The third-order valence-corrected chi connectivity index (χ3v) is 3.79. The number of hydrogen-bond donors (Lipinski definition) is 0. The van der Waals surface area contributed by atoms with E-state index in [-0.39, 0.29) is 0 Å². The molecule has 0 radical (unpaired) electrons. The molecule has 0 saturated carbocycles. The van der Waals surface area contributed by atoms with Crippen LogP contribution in [-0.2, 0) is 7.05 Å². The summed E-state index contributed by atoms with van der Waals surface area (Å²) in [6, 6.07) is 5.22. The fraction of sp³-hybridized carbons (Fsp3) is 0.0909. The van der Waals surface area contributed by atoms with Gasteiger partial charge in [-0.25, -0.2) is 4.68 Å². The van der Waals surface area contributed by atoms with E-state index in [1.807, 2.05) is 0 Å². The van der Waals surface area contributed by atoms with E-state index in [1.165, 1.54) is 9.48 Å². The molecular weight excluding hydrogens is 323 g/mol. The van der Waals surface area contributed by atoms with Gasteiger partial charge in [0.15, 0.2) is 0 Å². The maximum Gasteiger partial charge on any atom is 0.209 e. The van der Waals surface area contributed by atoms with Crippen molar-refractivity contribution in [3.05, 3.63) is 39.6 Å². The highest BCUT2D eigenvalue weighted by atomic mass is 35.5. The van der Waals surface area contributed by atoms with Crippen LogP contribution in [0, 0.1) is 0 Å². The van der Waals surface area contributed by atoms with E-state index in [0.717, 1.165) is 0 Å². The van der Waals surface area contributed by atoms with Gasteiger partial charge in [-0.2, -0.15) is 9.90 Å². The summed E-state index contributed by atoms with van der Waals surface area (Å²) < 4.78 is 1.47. The van der Waals surface area contributed by atoms with Gasteiger partial charge in [0.25, 0.3) is 0 Å². The third-order valence-electron chi connectivity index (χ3n) is 2.62. The number of nitrogens with zero attached hydrogens (tertiary/aromatic N) is 6. The quantitative estimate of drug-likeness (QED) is 0.725. The Kier molecular flexibility index (Phi) is 3.37. The number of benzene rings is 1. The average molecular weight is 330 g/mol. The Morgan fingerprint density at radius 1 is 1.15 bits per heavy atom. The van der Waals surface area contributed by atoms with Gasteiger partial charge >= 0.3 is 0 Å². The lowest BCUT2D eigenvalue weighted by atomic mass is 10.3. The molecule has 0 atom stereocenters. The van der Waals surface area contributed by atoms with Gasteiger partial charge in [0.2, 0.25) is 5.82 Å². The lowest BCUT2D eigenvalue weighted by molar-refractivity contribution is 0.630. The Morgan fingerprint density at radius 2 is 1.95 bits per heavy atom. The molecule has 2 aromatic heterocycles. The smallest absolute Gasteiger partial charge is 0.209 e. The van der Waals surface area contributed by atoms with E-state index in [4.69, 9.17) is 34.8 Å². The van der Waals surface area contributed by atoms with Crippen molar-refractivity contribution in [3.8, 4) is 17.1 Å². The van der Waals surface area contributed by atoms with Crippen molar-refractivity contribution in [3.63, 3.8) is 0 Å². The Balaban J connectivity index is 2.13. The predicted octanol–water partition coefficient (Wildman–Crippen LogP) is 3.02. The zero-order valence-electron chi connectivity index (χ0n) is 10.1. The summed E-state index contributed by atoms with van der Waals surface area (Å²) in [5.41, 5.74) is 1.15. The van der Waals surface area contributed by atoms with Crippen LogP contribution in [0.15, 0.2) is 24.4 Å². The Morgan fingerprint density at radius 3 is 2.65 bits per heavy atom. The second-order valence-electron chi connectivity index (χ2n) is 3.94. The second-order valence-corrected chi connectivity index (χ2v) is 5.08. The molecule has 0 aliphatic rings.